The molecule has 5 fully saturated rings. The molecule has 0 unspecified atom stereocenters. The molecule has 0 spiro atoms. The van der Waals surface area contributed by atoms with Crippen molar-refractivity contribution >= 4 is 132 Å². The molecule has 12 heterocycles. The highest BCUT2D eigenvalue weighted by Crippen LogP contribution is 2.37. The molecule has 0 atom stereocenters. The number of nitrogens with zero attached hydrogens (tertiary/aromatic N) is 17. The van der Waals surface area contributed by atoms with Crippen molar-refractivity contribution in [2.45, 2.75) is 156 Å². The van der Waals surface area contributed by atoms with E-state index in [0.29, 0.717) is 96.2 Å². The molecule has 18 rings (SSSR count). The van der Waals surface area contributed by atoms with E-state index in [1.165, 1.54) is 26.8 Å². The van der Waals surface area contributed by atoms with Crippen molar-refractivity contribution in [3.63, 3.8) is 0 Å². The molecular weight excluding hydrogens is 1650 g/mol. The summed E-state index contributed by atoms with van der Waals surface area (Å²) in [6.07, 6.45) is 24.0. The number of nitrogens with one attached hydrogen (secondary N) is 5. The summed E-state index contributed by atoms with van der Waals surface area (Å²) in [6.45, 7) is 18.1. The molecule has 9 aromatic heterocycles. The monoisotopic (exact) mass is 1760 g/mol. The van der Waals surface area contributed by atoms with Gasteiger partial charge in [0.1, 0.15) is 41.0 Å². The number of carbonyl (C=O) groups is 6. The van der Waals surface area contributed by atoms with Crippen LogP contribution in [-0.2, 0) is 24.3 Å². The minimum Gasteiger partial charge on any atom is -0.388 e. The highest BCUT2D eigenvalue weighted by Gasteiger charge is 2.32. The second-order valence-corrected chi connectivity index (χ2v) is 33.9. The van der Waals surface area contributed by atoms with Gasteiger partial charge in [0.25, 0.3) is 28.5 Å². The van der Waals surface area contributed by atoms with Crippen LogP contribution >= 0.6 is 0 Å². The molecule has 34 nitrogen and oxygen atoms in total. The van der Waals surface area contributed by atoms with Crippen LogP contribution in [0.3, 0.4) is 0 Å². The van der Waals surface area contributed by atoms with Gasteiger partial charge in [0.05, 0.1) is 40.5 Å². The van der Waals surface area contributed by atoms with Gasteiger partial charge in [-0.25, -0.2) is 40.9 Å². The number of aryl methyl sites for hydroxylation is 3. The molecule has 0 radical (unpaired) electrons. The van der Waals surface area contributed by atoms with Crippen LogP contribution in [0.25, 0.3) is 39.2 Å². The molecule has 34 heteroatoms. The predicted molar refractivity (Wildman–Crippen MR) is 496 cm³/mol. The second kappa shape index (κ2) is 39.6. The van der Waals surface area contributed by atoms with Gasteiger partial charge in [-0.1, -0.05) is 81.0 Å². The van der Waals surface area contributed by atoms with Gasteiger partial charge in [-0.05, 0) is 186 Å². The van der Waals surface area contributed by atoms with Gasteiger partial charge < -0.3 is 40.7 Å². The predicted octanol–water partition coefficient (Wildman–Crippen LogP) is 12.7. The van der Waals surface area contributed by atoms with Gasteiger partial charge in [-0.15, -0.1) is 0 Å². The molecule has 3 aliphatic carbocycles. The van der Waals surface area contributed by atoms with Crippen LogP contribution in [0.15, 0.2) is 161 Å². The first kappa shape index (κ1) is 89.2. The van der Waals surface area contributed by atoms with Crippen molar-refractivity contribution in [2.75, 3.05) is 101 Å². The number of hydrogen-bond donors (Lipinski definition) is 8. The van der Waals surface area contributed by atoms with Crippen molar-refractivity contribution < 1.29 is 44.3 Å². The molecule has 2 saturated heterocycles. The Bertz CT molecular complexity index is 6510. The maximum Gasteiger partial charge on any atom is 0.274 e. The number of benzene rings is 3. The maximum absolute atomic E-state index is 13.5. The largest absolute Gasteiger partial charge is 0.388 e. The number of fused-ring (bicyclic) bond motifs is 4. The van der Waals surface area contributed by atoms with Crippen molar-refractivity contribution in [1.29, 1.82) is 0 Å². The minimum atomic E-state index is -0.568. The van der Waals surface area contributed by atoms with Crippen LogP contribution in [0.4, 0.5) is 58.0 Å². The molecule has 670 valence electrons. The van der Waals surface area contributed by atoms with Gasteiger partial charge in [0.2, 0.25) is 17.8 Å². The van der Waals surface area contributed by atoms with E-state index in [4.69, 9.17) is 35.5 Å². The number of ketones is 4. The lowest BCUT2D eigenvalue weighted by atomic mass is 10.0. The lowest BCUT2D eigenvalue weighted by molar-refractivity contribution is -0.124. The lowest BCUT2D eigenvalue weighted by Gasteiger charge is -2.37. The fourth-order valence-corrected chi connectivity index (χ4v) is 18.7. The standard InChI is InChI=1S/C33H36N8O4.C32H34N6O4.C31H34N8O4/c1-21-27-20-35-33(37-31(27)41(25-5-3-4-6-25)32(44)30(21)22(2)42)36-28-13-12-26(19-34-28)40-17-15-39(16-18-40)24-10-7-23(8-11-24)9-14-29(43)38-45;1-19-25-15-33-32(36-30(25)38(24-5-3-4-6-24)31(42)29(19)20(2)40)35-28-12-11-23-17-37(14-13-26(23)34-28)16-21-7-9-22(10-8-21)27(41)18-39;1-19-25-18-33-31(35-28(25)39(23-5-3-4-6-23)30(42)27(19)20(2)40)34-26-12-11-24(17-32-26)38-15-13-37(14-16-38)22-9-7-21(8-10-22)29(41)36-43/h7-14,19-20,25,45H,3-6,15-18H2,1-2H3,(H,38,43)(H,34,35,36,37);7-12,15,24,39H,3-6,13-14,16-18H2,1-2H3,(H,33,34,35,36);7-12,17-18,23,43H,3-6,13-16H2,1-2H3,(H,36,41)(H,32,33,34,35)/b14-9+;;. The Labute approximate surface area is 748 Å². The first-order valence-corrected chi connectivity index (χ1v) is 44.2. The Morgan fingerprint density at radius 1 is 0.423 bits per heavy atom. The van der Waals surface area contributed by atoms with Crippen LogP contribution in [0.5, 0.6) is 0 Å². The summed E-state index contributed by atoms with van der Waals surface area (Å²) in [5.41, 5.74) is 15.8. The molecule has 130 heavy (non-hydrogen) atoms. The number of piperazine rings is 2. The highest BCUT2D eigenvalue weighted by atomic mass is 16.5. The molecule has 0 bridgehead atoms. The van der Waals surface area contributed by atoms with Gasteiger partial charge in [-0.2, -0.15) is 15.0 Å². The second-order valence-electron chi connectivity index (χ2n) is 33.9. The zero-order chi connectivity index (χ0) is 91.0. The van der Waals surface area contributed by atoms with E-state index < -0.39 is 18.4 Å². The quantitative estimate of drug-likeness (QED) is 0.0128. The SMILES string of the molecule is CC(=O)c1c(C)c2cnc(Nc3ccc(N4CCN(c5ccc(/C=C/C(=O)NO)cc5)CC4)cn3)nc2n(C2CCCC2)c1=O.CC(=O)c1c(C)c2cnc(Nc3ccc(N4CCN(c5ccc(C(=O)NO)cc5)CC4)cn3)nc2n(C2CCCC2)c1=O.CC(=O)c1c(C)c2cnc(Nc3ccc4c(n3)CCN(Cc3ccc(C(=O)CO)cc3)C4)nc2n(C2CCCC2)c1=O. The van der Waals surface area contributed by atoms with E-state index in [-0.39, 0.29) is 74.6 Å². The number of aliphatic hydroxyl groups is 1. The van der Waals surface area contributed by atoms with Crippen molar-refractivity contribution in [3.8, 4) is 0 Å². The third kappa shape index (κ3) is 19.4. The average Bonchev–Trinajstić information content (AvgIpc) is 1.12. The molecule has 3 aliphatic heterocycles. The van der Waals surface area contributed by atoms with Crippen molar-refractivity contribution in [3.05, 3.63) is 244 Å². The third-order valence-corrected chi connectivity index (χ3v) is 25.6. The van der Waals surface area contributed by atoms with E-state index in [2.05, 4.69) is 71.4 Å². The molecule has 12 aromatic rings. The van der Waals surface area contributed by atoms with Gasteiger partial charge in [0, 0.05) is 166 Å². The van der Waals surface area contributed by atoms with Crippen molar-refractivity contribution in [1.82, 2.24) is 74.4 Å². The summed E-state index contributed by atoms with van der Waals surface area (Å²) >= 11 is 0. The van der Waals surface area contributed by atoms with Crippen molar-refractivity contribution in [2.24, 2.45) is 0 Å². The fourth-order valence-electron chi connectivity index (χ4n) is 18.7. The summed E-state index contributed by atoms with van der Waals surface area (Å²) in [7, 11) is 0. The van der Waals surface area contributed by atoms with E-state index >= 15 is 0 Å². The molecule has 3 saturated carbocycles. The number of hydrogen-bond acceptors (Lipinski definition) is 29. The average molecular weight is 1760 g/mol. The van der Waals surface area contributed by atoms with Crippen LogP contribution < -0.4 is 63.2 Å². The van der Waals surface area contributed by atoms with E-state index in [0.717, 1.165) is 201 Å². The number of carbonyl (C=O) groups excluding carboxylic acids is 6. The number of rotatable bonds is 23. The van der Waals surface area contributed by atoms with Crippen LogP contribution in [-0.4, -0.2) is 179 Å². The number of aliphatic hydroxyl groups excluding tert-OH is 1. The number of aromatic nitrogens is 12. The first-order chi connectivity index (χ1) is 63.0. The summed E-state index contributed by atoms with van der Waals surface area (Å²) in [5.74, 6) is 0.751. The fraction of sp³-hybridized carbons (Fsp3) is 0.354. The number of Topliss-reactive ketones (excluding diaryl/α,β-unsaturated/α-hetero) is 4. The molecule has 6 aliphatic rings. The number of pyridine rings is 6. The van der Waals surface area contributed by atoms with E-state index in [1.54, 1.807) is 94.4 Å². The Morgan fingerprint density at radius 3 is 1.18 bits per heavy atom. The number of amides is 2. The summed E-state index contributed by atoms with van der Waals surface area (Å²) in [4.78, 5) is 165. The Hall–Kier alpha value is -14.2. The third-order valence-electron chi connectivity index (χ3n) is 25.6. The lowest BCUT2D eigenvalue weighted by Crippen LogP contribution is -2.46. The number of hydroxylamine groups is 2. The highest BCUT2D eigenvalue weighted by molar-refractivity contribution is 6.02. The first-order valence-electron chi connectivity index (χ1n) is 44.2. The zero-order valence-corrected chi connectivity index (χ0v) is 73.5. The summed E-state index contributed by atoms with van der Waals surface area (Å²) < 4.78 is 5.13. The van der Waals surface area contributed by atoms with Crippen LogP contribution in [0.1, 0.15) is 207 Å². The Morgan fingerprint density at radius 2 is 0.800 bits per heavy atom. The molecule has 3 aromatic carbocycles. The zero-order valence-electron chi connectivity index (χ0n) is 73.5. The summed E-state index contributed by atoms with van der Waals surface area (Å²) in [6, 6.07) is 34.3. The van der Waals surface area contributed by atoms with E-state index in [1.807, 2.05) is 91.3 Å². The summed E-state index contributed by atoms with van der Waals surface area (Å²) in [5, 5.41) is 38.2. The molecule has 2 amide bonds. The Kier molecular flexibility index (Phi) is 27.1. The maximum atomic E-state index is 13.5. The van der Waals surface area contributed by atoms with Crippen LogP contribution in [0, 0.1) is 20.8 Å². The number of anilines is 10. The van der Waals surface area contributed by atoms with Gasteiger partial charge in [0.15, 0.2) is 23.1 Å². The van der Waals surface area contributed by atoms with Gasteiger partial charge in [-0.3, -0.25) is 72.2 Å². The van der Waals surface area contributed by atoms with Gasteiger partial charge >= 0.3 is 0 Å². The molecule has 8 N–H and O–H groups in total. The minimum absolute atomic E-state index is 0.0152. The van der Waals surface area contributed by atoms with Crippen LogP contribution in [0.2, 0.25) is 0 Å². The Balaban J connectivity index is 0.000000143. The van der Waals surface area contributed by atoms with E-state index in [9.17, 15) is 43.2 Å². The smallest absolute Gasteiger partial charge is 0.274 e. The normalized spacial score (nSPS) is 15.6. The molecular formula is C96H104N22O12. The topological polar surface area (TPSA) is 421 Å².